The molecule has 1 amide bonds. The van der Waals surface area contributed by atoms with Crippen LogP contribution in [0.3, 0.4) is 0 Å². The van der Waals surface area contributed by atoms with Crippen molar-refractivity contribution in [2.75, 3.05) is 0 Å². The number of carbonyl (C=O) groups excluding carboxylic acids is 1. The molecule has 0 bridgehead atoms. The van der Waals surface area contributed by atoms with Crippen LogP contribution < -0.4 is 10.9 Å². The van der Waals surface area contributed by atoms with E-state index in [0.29, 0.717) is 11.5 Å². The summed E-state index contributed by atoms with van der Waals surface area (Å²) >= 11 is 0. The molecule has 0 spiro atoms. The standard InChI is InChI=1S/C23H24FN3O3/c1-23(2,3)30-22(29)26-19(14-12-13-14)20-25-17-11-7-10-16(24)18(17)21(28)27(20)15-8-5-4-6-9-15/h4-11,14,19H,12-13H2,1-3H3,(H,26,29). The molecular formula is C23H24FN3O3. The number of rotatable bonds is 4. The van der Waals surface area contributed by atoms with Crippen molar-refractivity contribution in [1.82, 2.24) is 14.9 Å². The molecule has 1 N–H and O–H groups in total. The predicted octanol–water partition coefficient (Wildman–Crippen LogP) is 4.50. The lowest BCUT2D eigenvalue weighted by molar-refractivity contribution is 0.0493. The third-order valence-corrected chi connectivity index (χ3v) is 4.93. The van der Waals surface area contributed by atoms with Crippen molar-refractivity contribution in [3.05, 3.63) is 70.5 Å². The van der Waals surface area contributed by atoms with Crippen LogP contribution in [0, 0.1) is 11.7 Å². The molecule has 1 aliphatic carbocycles. The van der Waals surface area contributed by atoms with Crippen LogP contribution >= 0.6 is 0 Å². The van der Waals surface area contributed by atoms with E-state index >= 15 is 0 Å². The van der Waals surface area contributed by atoms with Crippen LogP contribution in [0.1, 0.15) is 45.5 Å². The van der Waals surface area contributed by atoms with Gasteiger partial charge < -0.3 is 10.1 Å². The Morgan fingerprint density at radius 2 is 1.87 bits per heavy atom. The quantitative estimate of drug-likeness (QED) is 0.689. The van der Waals surface area contributed by atoms with E-state index < -0.39 is 29.1 Å². The summed E-state index contributed by atoms with van der Waals surface area (Å²) in [6, 6.07) is 12.8. The van der Waals surface area contributed by atoms with Crippen LogP contribution in [-0.2, 0) is 4.74 Å². The molecule has 0 aliphatic heterocycles. The van der Waals surface area contributed by atoms with Gasteiger partial charge >= 0.3 is 6.09 Å². The summed E-state index contributed by atoms with van der Waals surface area (Å²) in [5.74, 6) is -0.118. The number of hydrogen-bond donors (Lipinski definition) is 1. The van der Waals surface area contributed by atoms with Crippen LogP contribution in [0.15, 0.2) is 53.3 Å². The van der Waals surface area contributed by atoms with E-state index in [1.165, 1.54) is 16.7 Å². The summed E-state index contributed by atoms with van der Waals surface area (Å²) in [6.45, 7) is 5.36. The monoisotopic (exact) mass is 409 g/mol. The van der Waals surface area contributed by atoms with Gasteiger partial charge in [0.05, 0.1) is 17.2 Å². The lowest BCUT2D eigenvalue weighted by Gasteiger charge is -2.25. The number of carbonyl (C=O) groups is 1. The van der Waals surface area contributed by atoms with Crippen molar-refractivity contribution in [1.29, 1.82) is 0 Å². The van der Waals surface area contributed by atoms with Crippen LogP contribution in [0.5, 0.6) is 0 Å². The number of alkyl carbamates (subject to hydrolysis) is 1. The van der Waals surface area contributed by atoms with Crippen molar-refractivity contribution in [2.45, 2.75) is 45.3 Å². The van der Waals surface area contributed by atoms with Crippen LogP contribution in [-0.4, -0.2) is 21.2 Å². The fourth-order valence-electron chi connectivity index (χ4n) is 3.50. The number of halogens is 1. The molecule has 1 aromatic heterocycles. The SMILES string of the molecule is CC(C)(C)OC(=O)NC(c1nc2cccc(F)c2c(=O)n1-c1ccccc1)C1CC1. The van der Waals surface area contributed by atoms with Gasteiger partial charge in [0.1, 0.15) is 22.6 Å². The first-order valence-corrected chi connectivity index (χ1v) is 10.0. The zero-order chi connectivity index (χ0) is 21.5. The van der Waals surface area contributed by atoms with Crippen molar-refractivity contribution in [3.63, 3.8) is 0 Å². The summed E-state index contributed by atoms with van der Waals surface area (Å²) < 4.78 is 21.3. The Bertz CT molecular complexity index is 1150. The third kappa shape index (κ3) is 4.06. The average molecular weight is 409 g/mol. The van der Waals surface area contributed by atoms with Crippen molar-refractivity contribution in [3.8, 4) is 5.69 Å². The van der Waals surface area contributed by atoms with Crippen molar-refractivity contribution in [2.24, 2.45) is 5.92 Å². The van der Waals surface area contributed by atoms with Gasteiger partial charge in [-0.25, -0.2) is 14.2 Å². The number of benzene rings is 2. The van der Waals surface area contributed by atoms with Gasteiger partial charge in [-0.2, -0.15) is 0 Å². The minimum absolute atomic E-state index is 0.0723. The first-order valence-electron chi connectivity index (χ1n) is 10.0. The summed E-state index contributed by atoms with van der Waals surface area (Å²) in [5, 5.41) is 2.82. The Balaban J connectivity index is 1.90. The van der Waals surface area contributed by atoms with Crippen LogP contribution in [0.2, 0.25) is 0 Å². The molecule has 0 radical (unpaired) electrons. The predicted molar refractivity (Wildman–Crippen MR) is 112 cm³/mol. The van der Waals surface area contributed by atoms with Gasteiger partial charge in [-0.05, 0) is 63.8 Å². The molecule has 0 saturated heterocycles. The van der Waals surface area contributed by atoms with Gasteiger partial charge in [0.15, 0.2) is 0 Å². The largest absolute Gasteiger partial charge is 0.444 e. The molecular weight excluding hydrogens is 385 g/mol. The maximum atomic E-state index is 14.5. The Morgan fingerprint density at radius 1 is 1.17 bits per heavy atom. The minimum atomic E-state index is -0.656. The van der Waals surface area contributed by atoms with E-state index in [4.69, 9.17) is 4.74 Å². The third-order valence-electron chi connectivity index (χ3n) is 4.93. The van der Waals surface area contributed by atoms with Gasteiger partial charge in [0, 0.05) is 0 Å². The van der Waals surface area contributed by atoms with E-state index in [9.17, 15) is 14.0 Å². The zero-order valence-electron chi connectivity index (χ0n) is 17.2. The molecule has 7 heteroatoms. The van der Waals surface area contributed by atoms with Gasteiger partial charge in [0.25, 0.3) is 5.56 Å². The van der Waals surface area contributed by atoms with Crippen LogP contribution in [0.25, 0.3) is 16.6 Å². The first-order chi connectivity index (χ1) is 14.2. The Morgan fingerprint density at radius 3 is 2.50 bits per heavy atom. The highest BCUT2D eigenvalue weighted by molar-refractivity contribution is 5.79. The molecule has 1 unspecified atom stereocenters. The van der Waals surface area contributed by atoms with Gasteiger partial charge in [0.2, 0.25) is 0 Å². The zero-order valence-corrected chi connectivity index (χ0v) is 17.2. The molecule has 6 nitrogen and oxygen atoms in total. The van der Waals surface area contributed by atoms with E-state index in [1.54, 1.807) is 51.1 Å². The lowest BCUT2D eigenvalue weighted by Crippen LogP contribution is -2.39. The molecule has 1 heterocycles. The maximum Gasteiger partial charge on any atom is 0.408 e. The fraction of sp³-hybridized carbons (Fsp3) is 0.348. The summed E-state index contributed by atoms with van der Waals surface area (Å²) in [4.78, 5) is 30.5. The van der Waals surface area contributed by atoms with E-state index in [-0.39, 0.29) is 16.8 Å². The summed E-state index contributed by atoms with van der Waals surface area (Å²) in [6.07, 6.45) is 1.21. The van der Waals surface area contributed by atoms with Gasteiger partial charge in [-0.3, -0.25) is 9.36 Å². The van der Waals surface area contributed by atoms with Gasteiger partial charge in [-0.15, -0.1) is 0 Å². The lowest BCUT2D eigenvalue weighted by atomic mass is 10.1. The number of amides is 1. The molecule has 1 aliphatic rings. The highest BCUT2D eigenvalue weighted by Crippen LogP contribution is 2.41. The van der Waals surface area contributed by atoms with Crippen molar-refractivity contribution < 1.29 is 13.9 Å². The number of nitrogens with one attached hydrogen (secondary N) is 1. The fourth-order valence-corrected chi connectivity index (χ4v) is 3.50. The molecule has 2 aromatic carbocycles. The average Bonchev–Trinajstić information content (AvgIpc) is 3.50. The second kappa shape index (κ2) is 7.55. The topological polar surface area (TPSA) is 73.2 Å². The molecule has 1 saturated carbocycles. The van der Waals surface area contributed by atoms with E-state index in [0.717, 1.165) is 12.8 Å². The molecule has 4 rings (SSSR count). The smallest absolute Gasteiger partial charge is 0.408 e. The number of para-hydroxylation sites is 1. The molecule has 3 aromatic rings. The Labute approximate surface area is 173 Å². The highest BCUT2D eigenvalue weighted by atomic mass is 19.1. The first kappa shape index (κ1) is 20.1. The number of nitrogens with zero attached hydrogens (tertiary/aromatic N) is 2. The second-order valence-corrected chi connectivity index (χ2v) is 8.54. The van der Waals surface area contributed by atoms with Crippen LogP contribution in [0.4, 0.5) is 9.18 Å². The molecule has 1 fully saturated rings. The number of hydrogen-bond acceptors (Lipinski definition) is 4. The number of fused-ring (bicyclic) bond motifs is 1. The summed E-state index contributed by atoms with van der Waals surface area (Å²) in [7, 11) is 0. The van der Waals surface area contributed by atoms with Crippen molar-refractivity contribution >= 4 is 17.0 Å². The molecule has 1 atom stereocenters. The molecule has 156 valence electrons. The normalized spacial score (nSPS) is 15.1. The summed E-state index contributed by atoms with van der Waals surface area (Å²) in [5.41, 5.74) is -0.335. The number of ether oxygens (including phenoxy) is 1. The molecule has 30 heavy (non-hydrogen) atoms. The van der Waals surface area contributed by atoms with E-state index in [1.807, 2.05) is 6.07 Å². The Hall–Kier alpha value is -3.22. The number of aromatic nitrogens is 2. The maximum absolute atomic E-state index is 14.5. The minimum Gasteiger partial charge on any atom is -0.444 e. The second-order valence-electron chi connectivity index (χ2n) is 8.54. The van der Waals surface area contributed by atoms with E-state index in [2.05, 4.69) is 10.3 Å². The highest BCUT2D eigenvalue weighted by Gasteiger charge is 2.38. The van der Waals surface area contributed by atoms with Gasteiger partial charge in [-0.1, -0.05) is 24.3 Å². The Kier molecular flexibility index (Phi) is 5.05.